The highest BCUT2D eigenvalue weighted by atomic mass is 16.1. The Labute approximate surface area is 153 Å². The number of nitrogens with zero attached hydrogens (tertiary/aromatic N) is 3. The maximum Gasteiger partial charge on any atom is 0.274 e. The molecule has 1 aromatic heterocycles. The van der Waals surface area contributed by atoms with E-state index in [1.165, 1.54) is 0 Å². The maximum atomic E-state index is 12.6. The van der Waals surface area contributed by atoms with E-state index in [4.69, 9.17) is 0 Å². The Morgan fingerprint density at radius 2 is 1.69 bits per heavy atom. The lowest BCUT2D eigenvalue weighted by Gasteiger charge is -2.22. The number of carbonyl (C=O) groups is 1. The molecule has 0 atom stereocenters. The lowest BCUT2D eigenvalue weighted by atomic mass is 10.2. The van der Waals surface area contributed by atoms with Crippen LogP contribution in [0.3, 0.4) is 0 Å². The van der Waals surface area contributed by atoms with E-state index >= 15 is 0 Å². The topological polar surface area (TPSA) is 58.1 Å². The molecule has 2 aromatic carbocycles. The minimum atomic E-state index is -0.246. The third-order valence-electron chi connectivity index (χ3n) is 4.03. The molecular formula is C21H22N4O. The Balaban J connectivity index is 1.89. The molecule has 0 aliphatic rings. The van der Waals surface area contributed by atoms with Crippen molar-refractivity contribution in [2.45, 2.75) is 20.8 Å². The summed E-state index contributed by atoms with van der Waals surface area (Å²) in [6.45, 7) is 6.59. The molecule has 0 aliphatic carbocycles. The second kappa shape index (κ2) is 7.78. The molecule has 3 aromatic rings. The average molecular weight is 346 g/mol. The number of hydrogen-bond acceptors (Lipinski definition) is 4. The van der Waals surface area contributed by atoms with Crippen LogP contribution in [0.4, 0.5) is 17.2 Å². The summed E-state index contributed by atoms with van der Waals surface area (Å²) < 4.78 is 0. The number of aromatic nitrogens is 2. The fraction of sp³-hybridized carbons (Fsp3) is 0.190. The van der Waals surface area contributed by atoms with Crippen LogP contribution in [0.5, 0.6) is 0 Å². The Morgan fingerprint density at radius 3 is 2.35 bits per heavy atom. The van der Waals surface area contributed by atoms with Crippen LogP contribution in [0.1, 0.15) is 28.8 Å². The molecule has 0 aliphatic heterocycles. The predicted octanol–water partition coefficient (Wildman–Crippen LogP) is 4.50. The normalized spacial score (nSPS) is 10.4. The summed E-state index contributed by atoms with van der Waals surface area (Å²) in [4.78, 5) is 23.5. The van der Waals surface area contributed by atoms with Gasteiger partial charge in [-0.1, -0.05) is 35.9 Å². The zero-order valence-corrected chi connectivity index (χ0v) is 15.2. The summed E-state index contributed by atoms with van der Waals surface area (Å²) >= 11 is 0. The molecule has 0 radical (unpaired) electrons. The van der Waals surface area contributed by atoms with E-state index in [-0.39, 0.29) is 5.91 Å². The number of anilines is 3. The summed E-state index contributed by atoms with van der Waals surface area (Å²) in [5.74, 6) is 1.02. The molecule has 0 unspecified atom stereocenters. The Bertz CT molecular complexity index is 892. The van der Waals surface area contributed by atoms with Crippen LogP contribution in [0, 0.1) is 13.8 Å². The van der Waals surface area contributed by atoms with E-state index in [0.717, 1.165) is 23.5 Å². The van der Waals surface area contributed by atoms with E-state index in [1.807, 2.05) is 61.5 Å². The zero-order chi connectivity index (χ0) is 18.5. The monoisotopic (exact) mass is 346 g/mol. The highest BCUT2D eigenvalue weighted by Crippen LogP contribution is 2.24. The van der Waals surface area contributed by atoms with Crippen LogP contribution < -0.4 is 10.2 Å². The van der Waals surface area contributed by atoms with Gasteiger partial charge < -0.3 is 10.2 Å². The van der Waals surface area contributed by atoms with Crippen molar-refractivity contribution in [3.63, 3.8) is 0 Å². The van der Waals surface area contributed by atoms with E-state index < -0.39 is 0 Å². The van der Waals surface area contributed by atoms with Crippen LogP contribution in [-0.4, -0.2) is 22.4 Å². The van der Waals surface area contributed by atoms with Gasteiger partial charge in [0.05, 0.1) is 0 Å². The van der Waals surface area contributed by atoms with Gasteiger partial charge in [0.1, 0.15) is 17.3 Å². The van der Waals surface area contributed by atoms with Gasteiger partial charge in [-0.15, -0.1) is 0 Å². The van der Waals surface area contributed by atoms with Crippen molar-refractivity contribution in [2.24, 2.45) is 0 Å². The molecular weight excluding hydrogens is 324 g/mol. The van der Waals surface area contributed by atoms with Gasteiger partial charge in [-0.2, -0.15) is 0 Å². The fourth-order valence-corrected chi connectivity index (χ4v) is 2.72. The molecule has 132 valence electrons. The van der Waals surface area contributed by atoms with Crippen molar-refractivity contribution in [3.8, 4) is 0 Å². The number of benzene rings is 2. The summed E-state index contributed by atoms with van der Waals surface area (Å²) in [6, 6.07) is 19.4. The van der Waals surface area contributed by atoms with Crippen molar-refractivity contribution in [3.05, 3.63) is 77.7 Å². The number of nitrogens with one attached hydrogen (secondary N) is 1. The van der Waals surface area contributed by atoms with E-state index in [0.29, 0.717) is 17.3 Å². The summed E-state index contributed by atoms with van der Waals surface area (Å²) in [5, 5.41) is 2.89. The third kappa shape index (κ3) is 4.06. The van der Waals surface area contributed by atoms with Gasteiger partial charge in [0.25, 0.3) is 5.91 Å². The van der Waals surface area contributed by atoms with Crippen molar-refractivity contribution in [2.75, 3.05) is 16.8 Å². The lowest BCUT2D eigenvalue weighted by molar-refractivity contribution is 0.102. The first-order chi connectivity index (χ1) is 12.6. The van der Waals surface area contributed by atoms with Crippen LogP contribution in [0.15, 0.2) is 60.7 Å². The molecule has 1 heterocycles. The Kier molecular flexibility index (Phi) is 5.27. The smallest absolute Gasteiger partial charge is 0.274 e. The largest absolute Gasteiger partial charge is 0.327 e. The predicted molar refractivity (Wildman–Crippen MR) is 105 cm³/mol. The highest BCUT2D eigenvalue weighted by Gasteiger charge is 2.15. The minimum absolute atomic E-state index is 0.246. The van der Waals surface area contributed by atoms with Gasteiger partial charge in [-0.25, -0.2) is 9.97 Å². The molecule has 1 amide bonds. The Hall–Kier alpha value is -3.21. The molecule has 0 bridgehead atoms. The Morgan fingerprint density at radius 1 is 1.00 bits per heavy atom. The van der Waals surface area contributed by atoms with Gasteiger partial charge in [0, 0.05) is 24.0 Å². The summed E-state index contributed by atoms with van der Waals surface area (Å²) in [5.41, 5.74) is 3.26. The molecule has 5 heteroatoms. The summed E-state index contributed by atoms with van der Waals surface area (Å²) in [7, 11) is 0. The first-order valence-electron chi connectivity index (χ1n) is 8.63. The molecule has 0 spiro atoms. The van der Waals surface area contributed by atoms with Gasteiger partial charge in [0.2, 0.25) is 0 Å². The second-order valence-electron chi connectivity index (χ2n) is 6.06. The quantitative estimate of drug-likeness (QED) is 0.739. The number of carbonyl (C=O) groups excluding carboxylic acids is 1. The van der Waals surface area contributed by atoms with E-state index in [1.54, 1.807) is 13.0 Å². The SMILES string of the molecule is CCN(c1ccccc1)c1cc(C(=O)Nc2ccc(C)cc2)nc(C)n1. The number of aryl methyl sites for hydroxylation is 2. The van der Waals surface area contributed by atoms with Crippen molar-refractivity contribution < 1.29 is 4.79 Å². The standard InChI is InChI=1S/C21H22N4O/c1-4-25(18-8-6-5-7-9-18)20-14-19(22-16(3)23-20)21(26)24-17-12-10-15(2)11-13-17/h5-14H,4H2,1-3H3,(H,24,26). The molecule has 0 saturated carbocycles. The van der Waals surface area contributed by atoms with Crippen molar-refractivity contribution >= 4 is 23.1 Å². The number of hydrogen-bond donors (Lipinski definition) is 1. The van der Waals surface area contributed by atoms with Crippen LogP contribution in [0.25, 0.3) is 0 Å². The molecule has 26 heavy (non-hydrogen) atoms. The van der Waals surface area contributed by atoms with E-state index in [9.17, 15) is 4.79 Å². The number of rotatable bonds is 5. The van der Waals surface area contributed by atoms with Crippen LogP contribution in [0.2, 0.25) is 0 Å². The second-order valence-corrected chi connectivity index (χ2v) is 6.06. The highest BCUT2D eigenvalue weighted by molar-refractivity contribution is 6.03. The average Bonchev–Trinajstić information content (AvgIpc) is 2.65. The number of amides is 1. The van der Waals surface area contributed by atoms with E-state index in [2.05, 4.69) is 27.1 Å². The van der Waals surface area contributed by atoms with Gasteiger partial charge in [-0.3, -0.25) is 4.79 Å². The molecule has 0 fully saturated rings. The van der Waals surface area contributed by atoms with Gasteiger partial charge >= 0.3 is 0 Å². The molecule has 5 nitrogen and oxygen atoms in total. The zero-order valence-electron chi connectivity index (χ0n) is 15.2. The molecule has 0 saturated heterocycles. The van der Waals surface area contributed by atoms with Gasteiger partial charge in [-0.05, 0) is 45.0 Å². The third-order valence-corrected chi connectivity index (χ3v) is 4.03. The van der Waals surface area contributed by atoms with Crippen LogP contribution >= 0.6 is 0 Å². The maximum absolute atomic E-state index is 12.6. The van der Waals surface area contributed by atoms with Gasteiger partial charge in [0.15, 0.2) is 0 Å². The fourth-order valence-electron chi connectivity index (χ4n) is 2.72. The van der Waals surface area contributed by atoms with Crippen molar-refractivity contribution in [1.29, 1.82) is 0 Å². The van der Waals surface area contributed by atoms with Crippen LogP contribution in [-0.2, 0) is 0 Å². The minimum Gasteiger partial charge on any atom is -0.327 e. The first kappa shape index (κ1) is 17.6. The summed E-state index contributed by atoms with van der Waals surface area (Å²) in [6.07, 6.45) is 0. The number of para-hydroxylation sites is 1. The van der Waals surface area contributed by atoms with Crippen molar-refractivity contribution in [1.82, 2.24) is 9.97 Å². The first-order valence-corrected chi connectivity index (χ1v) is 8.63. The lowest BCUT2D eigenvalue weighted by Crippen LogP contribution is -2.21. The molecule has 3 rings (SSSR count). The molecule has 1 N–H and O–H groups in total.